The van der Waals surface area contributed by atoms with E-state index in [-0.39, 0.29) is 6.42 Å². The molecule has 0 N–H and O–H groups in total. The number of carboxylic acid groups (broad SMARTS) is 1. The zero-order valence-electron chi connectivity index (χ0n) is 15.7. The molecule has 138 valence electrons. The third kappa shape index (κ3) is 20.7. The number of rotatable bonds is 17. The van der Waals surface area contributed by atoms with Gasteiger partial charge in [-0.3, -0.25) is 0 Å². The van der Waals surface area contributed by atoms with Gasteiger partial charge in [-0.15, -0.1) is 0 Å². The summed E-state index contributed by atoms with van der Waals surface area (Å²) in [6.45, 7) is 2.24. The van der Waals surface area contributed by atoms with Gasteiger partial charge in [0.05, 0.1) is 0 Å². The maximum Gasteiger partial charge on any atom is 0.0414 e. The molecule has 0 saturated heterocycles. The number of carbonyl (C=O) groups is 1. The molecule has 0 rings (SSSR count). The largest absolute Gasteiger partial charge is 0.550 e. The monoisotopic (exact) mass is 333 g/mol. The highest BCUT2D eigenvalue weighted by molar-refractivity contribution is 5.63. The van der Waals surface area contributed by atoms with Gasteiger partial charge >= 0.3 is 0 Å². The third-order valence-electron chi connectivity index (χ3n) is 4.02. The van der Waals surface area contributed by atoms with E-state index in [1.807, 2.05) is 0 Å². The Hall–Kier alpha value is -1.31. The lowest BCUT2D eigenvalue weighted by atomic mass is 10.1. The van der Waals surface area contributed by atoms with Crippen LogP contribution in [0.2, 0.25) is 0 Å². The summed E-state index contributed by atoms with van der Waals surface area (Å²) >= 11 is 0. The van der Waals surface area contributed by atoms with Crippen LogP contribution in [0.3, 0.4) is 0 Å². The predicted molar refractivity (Wildman–Crippen MR) is 103 cm³/mol. The number of allylic oxidation sites excluding steroid dienone is 6. The second-order valence-electron chi connectivity index (χ2n) is 6.41. The van der Waals surface area contributed by atoms with Crippen LogP contribution in [0.15, 0.2) is 36.5 Å². The van der Waals surface area contributed by atoms with Gasteiger partial charge in [-0.05, 0) is 51.4 Å². The van der Waals surface area contributed by atoms with Crippen molar-refractivity contribution in [1.29, 1.82) is 0 Å². The number of carboxylic acids is 1. The first-order valence-corrected chi connectivity index (χ1v) is 9.92. The Balaban J connectivity index is 3.26. The summed E-state index contributed by atoms with van der Waals surface area (Å²) in [5, 5.41) is 10.3. The van der Waals surface area contributed by atoms with E-state index >= 15 is 0 Å². The van der Waals surface area contributed by atoms with Crippen molar-refractivity contribution in [3.63, 3.8) is 0 Å². The van der Waals surface area contributed by atoms with Crippen LogP contribution in [0, 0.1) is 0 Å². The van der Waals surface area contributed by atoms with Crippen LogP contribution >= 0.6 is 0 Å². The smallest absolute Gasteiger partial charge is 0.0414 e. The molecule has 0 atom stereocenters. The fraction of sp³-hybridized carbons (Fsp3) is 0.682. The van der Waals surface area contributed by atoms with Gasteiger partial charge in [0.1, 0.15) is 0 Å². The van der Waals surface area contributed by atoms with Crippen LogP contribution in [0.1, 0.15) is 96.8 Å². The Morgan fingerprint density at radius 1 is 0.667 bits per heavy atom. The van der Waals surface area contributed by atoms with Gasteiger partial charge in [-0.1, -0.05) is 81.9 Å². The van der Waals surface area contributed by atoms with Crippen molar-refractivity contribution in [1.82, 2.24) is 0 Å². The van der Waals surface area contributed by atoms with E-state index in [1.54, 1.807) is 0 Å². The lowest BCUT2D eigenvalue weighted by Gasteiger charge is -2.01. The Morgan fingerprint density at radius 3 is 1.67 bits per heavy atom. The first kappa shape index (κ1) is 22.7. The molecule has 0 unspecified atom stereocenters. The van der Waals surface area contributed by atoms with E-state index in [0.29, 0.717) is 0 Å². The first-order valence-electron chi connectivity index (χ1n) is 9.92. The normalized spacial score (nSPS) is 12.0. The summed E-state index contributed by atoms with van der Waals surface area (Å²) < 4.78 is 0. The Kier molecular flexibility index (Phi) is 18.7. The van der Waals surface area contributed by atoms with Gasteiger partial charge in [0.15, 0.2) is 0 Å². The molecule has 0 fully saturated rings. The molecule has 0 saturated carbocycles. The van der Waals surface area contributed by atoms with E-state index < -0.39 is 5.97 Å². The highest BCUT2D eigenvalue weighted by Crippen LogP contribution is 2.09. The fourth-order valence-electron chi connectivity index (χ4n) is 2.53. The van der Waals surface area contributed by atoms with E-state index in [0.717, 1.165) is 38.5 Å². The molecule has 0 aromatic rings. The van der Waals surface area contributed by atoms with Crippen molar-refractivity contribution < 1.29 is 9.90 Å². The number of hydrogen-bond acceptors (Lipinski definition) is 2. The van der Waals surface area contributed by atoms with Crippen molar-refractivity contribution in [2.75, 3.05) is 0 Å². The van der Waals surface area contributed by atoms with Crippen molar-refractivity contribution in [2.24, 2.45) is 0 Å². The molecule has 0 amide bonds. The molecular weight excluding hydrogens is 296 g/mol. The van der Waals surface area contributed by atoms with Crippen LogP contribution in [0.4, 0.5) is 0 Å². The molecule has 0 aliphatic carbocycles. The van der Waals surface area contributed by atoms with Gasteiger partial charge in [0.25, 0.3) is 0 Å². The zero-order chi connectivity index (χ0) is 17.7. The molecule has 2 heteroatoms. The number of carbonyl (C=O) groups excluding carboxylic acids is 1. The molecule has 0 aromatic carbocycles. The molecule has 0 aliphatic rings. The minimum absolute atomic E-state index is 0.213. The molecule has 0 spiro atoms. The molecule has 2 nitrogen and oxygen atoms in total. The third-order valence-corrected chi connectivity index (χ3v) is 4.02. The van der Waals surface area contributed by atoms with Crippen molar-refractivity contribution in [3.05, 3.63) is 36.5 Å². The molecule has 0 radical (unpaired) electrons. The molecule has 24 heavy (non-hydrogen) atoms. The van der Waals surface area contributed by atoms with Crippen LogP contribution < -0.4 is 5.11 Å². The lowest BCUT2D eigenvalue weighted by Crippen LogP contribution is -2.21. The van der Waals surface area contributed by atoms with E-state index in [9.17, 15) is 9.90 Å². The summed E-state index contributed by atoms with van der Waals surface area (Å²) in [4.78, 5) is 10.3. The van der Waals surface area contributed by atoms with E-state index in [1.165, 1.54) is 44.9 Å². The Bertz CT molecular complexity index is 353. The van der Waals surface area contributed by atoms with Crippen LogP contribution in [0.25, 0.3) is 0 Å². The van der Waals surface area contributed by atoms with Gasteiger partial charge in [-0.25, -0.2) is 0 Å². The van der Waals surface area contributed by atoms with Crippen LogP contribution in [-0.2, 0) is 4.79 Å². The summed E-state index contributed by atoms with van der Waals surface area (Å²) in [6, 6.07) is 0. The summed E-state index contributed by atoms with van der Waals surface area (Å²) in [5.41, 5.74) is 0. The topological polar surface area (TPSA) is 40.1 Å². The van der Waals surface area contributed by atoms with Gasteiger partial charge in [0.2, 0.25) is 0 Å². The minimum Gasteiger partial charge on any atom is -0.550 e. The minimum atomic E-state index is -0.919. The first-order chi connectivity index (χ1) is 11.8. The van der Waals surface area contributed by atoms with Crippen LogP contribution in [0.5, 0.6) is 0 Å². The van der Waals surface area contributed by atoms with Gasteiger partial charge < -0.3 is 9.90 Å². The quantitative estimate of drug-likeness (QED) is 0.246. The molecular formula is C22H37O2-. The predicted octanol–water partition coefficient (Wildman–Crippen LogP) is 5.89. The number of aliphatic carboxylic acids is 1. The van der Waals surface area contributed by atoms with E-state index in [4.69, 9.17) is 0 Å². The second-order valence-corrected chi connectivity index (χ2v) is 6.41. The van der Waals surface area contributed by atoms with Crippen molar-refractivity contribution in [2.45, 2.75) is 96.8 Å². The summed E-state index contributed by atoms with van der Waals surface area (Å²) in [5.74, 6) is -0.919. The fourth-order valence-corrected chi connectivity index (χ4v) is 2.53. The number of hydrogen-bond donors (Lipinski definition) is 0. The Labute approximate surface area is 149 Å². The average molecular weight is 334 g/mol. The van der Waals surface area contributed by atoms with Crippen molar-refractivity contribution in [3.8, 4) is 0 Å². The Morgan fingerprint density at radius 2 is 1.12 bits per heavy atom. The standard InChI is InChI=1S/C22H38O2/c1-2-3-4-5-6-7-8-9-10-11-12-13-14-15-16-17-18-19-20-21-22(23)24/h6-7,9-10,12-13H,2-5,8,11,14-21H2,1H3,(H,23,24)/p-1/b7-6-,10-9-,13-12-. The molecule has 0 aliphatic heterocycles. The maximum absolute atomic E-state index is 10.3. The molecule has 0 bridgehead atoms. The molecule has 0 aromatic heterocycles. The average Bonchev–Trinajstić information content (AvgIpc) is 2.56. The highest BCUT2D eigenvalue weighted by atomic mass is 16.4. The van der Waals surface area contributed by atoms with Crippen LogP contribution in [-0.4, -0.2) is 5.97 Å². The second kappa shape index (κ2) is 19.7. The molecule has 0 heterocycles. The van der Waals surface area contributed by atoms with Crippen molar-refractivity contribution >= 4 is 5.97 Å². The highest BCUT2D eigenvalue weighted by Gasteiger charge is 1.91. The SMILES string of the molecule is CCCCC/C=C\C/C=C\C/C=C\CCCCCCCCC(=O)[O-]. The zero-order valence-corrected chi connectivity index (χ0v) is 15.7. The van der Waals surface area contributed by atoms with Gasteiger partial charge in [-0.2, -0.15) is 0 Å². The van der Waals surface area contributed by atoms with E-state index in [2.05, 4.69) is 43.4 Å². The summed E-state index contributed by atoms with van der Waals surface area (Å²) in [7, 11) is 0. The van der Waals surface area contributed by atoms with Gasteiger partial charge in [0, 0.05) is 5.97 Å². The summed E-state index contributed by atoms with van der Waals surface area (Å²) in [6.07, 6.45) is 28.8. The number of unbranched alkanes of at least 4 members (excludes halogenated alkanes) is 9. The lowest BCUT2D eigenvalue weighted by molar-refractivity contribution is -0.305. The maximum atomic E-state index is 10.3.